The van der Waals surface area contributed by atoms with Gasteiger partial charge in [0, 0.05) is 31.9 Å². The minimum atomic E-state index is -0.415. The van der Waals surface area contributed by atoms with E-state index in [-0.39, 0.29) is 18.2 Å². The molecule has 0 unspecified atom stereocenters. The molecule has 0 spiro atoms. The molecule has 28 heavy (non-hydrogen) atoms. The molecule has 1 amide bonds. The smallest absolute Gasteiger partial charge is 0.337 e. The summed E-state index contributed by atoms with van der Waals surface area (Å²) < 4.78 is 9.78. The van der Waals surface area contributed by atoms with Crippen LogP contribution in [0.3, 0.4) is 0 Å². The normalized spacial score (nSPS) is 15.2. The zero-order valence-electron chi connectivity index (χ0n) is 15.7. The van der Waals surface area contributed by atoms with Crippen LogP contribution in [0, 0.1) is 0 Å². The number of carbonyl (C=O) groups excluding carboxylic acids is 3. The first-order valence-electron chi connectivity index (χ1n) is 9.05. The van der Waals surface area contributed by atoms with Gasteiger partial charge < -0.3 is 14.5 Å². The van der Waals surface area contributed by atoms with E-state index in [2.05, 4.69) is 15.0 Å². The van der Waals surface area contributed by atoms with Crippen molar-refractivity contribution >= 4 is 23.3 Å². The van der Waals surface area contributed by atoms with Crippen LogP contribution in [-0.4, -0.2) is 73.8 Å². The molecule has 0 radical (unpaired) electrons. The van der Waals surface area contributed by atoms with Crippen LogP contribution >= 0.6 is 0 Å². The Morgan fingerprint density at radius 1 is 1.00 bits per heavy atom. The minimum absolute atomic E-state index is 0.0356. The molecule has 8 heteroatoms. The van der Waals surface area contributed by atoms with Crippen LogP contribution in [0.2, 0.25) is 0 Å². The highest BCUT2D eigenvalue weighted by Gasteiger charge is 2.22. The average Bonchev–Trinajstić information content (AvgIpc) is 3.24. The Balaban J connectivity index is 1.41. The van der Waals surface area contributed by atoms with Gasteiger partial charge in [0.25, 0.3) is 0 Å². The van der Waals surface area contributed by atoms with Gasteiger partial charge in [0.1, 0.15) is 0 Å². The lowest BCUT2D eigenvalue weighted by molar-refractivity contribution is -0.117. The molecule has 2 aromatic rings. The third-order valence-electron chi connectivity index (χ3n) is 4.59. The van der Waals surface area contributed by atoms with E-state index in [1.54, 1.807) is 36.4 Å². The van der Waals surface area contributed by atoms with Crippen molar-refractivity contribution < 1.29 is 23.5 Å². The molecule has 8 nitrogen and oxygen atoms in total. The highest BCUT2D eigenvalue weighted by Crippen LogP contribution is 2.11. The molecule has 0 bridgehead atoms. The van der Waals surface area contributed by atoms with Gasteiger partial charge in [-0.1, -0.05) is 0 Å². The van der Waals surface area contributed by atoms with E-state index >= 15 is 0 Å². The molecule has 1 saturated heterocycles. The summed E-state index contributed by atoms with van der Waals surface area (Å²) >= 11 is 0. The number of benzene rings is 1. The number of nitrogens with one attached hydrogen (secondary N) is 1. The SMILES string of the molecule is COC(=O)c1ccc(NC(=O)CN2CCN(CC(=O)c3ccco3)CC2)cc1. The number of hydrogen-bond acceptors (Lipinski definition) is 7. The molecule has 1 aromatic heterocycles. The number of ketones is 1. The van der Waals surface area contributed by atoms with Crippen LogP contribution in [0.1, 0.15) is 20.9 Å². The number of amides is 1. The molecular formula is C20H23N3O5. The summed E-state index contributed by atoms with van der Waals surface area (Å²) in [6, 6.07) is 9.92. The Morgan fingerprint density at radius 3 is 2.21 bits per heavy atom. The topological polar surface area (TPSA) is 92.1 Å². The van der Waals surface area contributed by atoms with Gasteiger partial charge in [-0.25, -0.2) is 4.79 Å². The molecule has 148 valence electrons. The molecule has 0 saturated carbocycles. The summed E-state index contributed by atoms with van der Waals surface area (Å²) in [4.78, 5) is 39.9. The maximum absolute atomic E-state index is 12.2. The zero-order chi connectivity index (χ0) is 19.9. The quantitative estimate of drug-likeness (QED) is 0.570. The van der Waals surface area contributed by atoms with Gasteiger partial charge in [0.05, 0.1) is 32.0 Å². The lowest BCUT2D eigenvalue weighted by Crippen LogP contribution is -2.49. The number of anilines is 1. The lowest BCUT2D eigenvalue weighted by Gasteiger charge is -2.33. The fourth-order valence-corrected chi connectivity index (χ4v) is 3.03. The van der Waals surface area contributed by atoms with Crippen molar-refractivity contribution in [2.24, 2.45) is 0 Å². The predicted molar refractivity (Wildman–Crippen MR) is 102 cm³/mol. The monoisotopic (exact) mass is 385 g/mol. The molecular weight excluding hydrogens is 362 g/mol. The summed E-state index contributed by atoms with van der Waals surface area (Å²) in [5.41, 5.74) is 1.06. The van der Waals surface area contributed by atoms with Gasteiger partial charge in [-0.15, -0.1) is 0 Å². The maximum Gasteiger partial charge on any atom is 0.337 e. The van der Waals surface area contributed by atoms with E-state index < -0.39 is 5.97 Å². The molecule has 0 aliphatic carbocycles. The number of carbonyl (C=O) groups is 3. The largest absolute Gasteiger partial charge is 0.465 e. The average molecular weight is 385 g/mol. The zero-order valence-corrected chi connectivity index (χ0v) is 15.7. The van der Waals surface area contributed by atoms with Crippen molar-refractivity contribution in [3.8, 4) is 0 Å². The summed E-state index contributed by atoms with van der Waals surface area (Å²) in [6.07, 6.45) is 1.49. The van der Waals surface area contributed by atoms with Gasteiger partial charge in [-0.05, 0) is 36.4 Å². The van der Waals surface area contributed by atoms with Crippen molar-refractivity contribution in [3.05, 3.63) is 54.0 Å². The number of furan rings is 1. The molecule has 0 atom stereocenters. The number of esters is 1. The second-order valence-electron chi connectivity index (χ2n) is 6.57. The van der Waals surface area contributed by atoms with Crippen LogP contribution < -0.4 is 5.32 Å². The standard InChI is InChI=1S/C20H23N3O5/c1-27-20(26)15-4-6-16(7-5-15)21-19(25)14-23-10-8-22(9-11-23)13-17(24)18-3-2-12-28-18/h2-7,12H,8-11,13-14H2,1H3,(H,21,25). The van der Waals surface area contributed by atoms with Crippen molar-refractivity contribution in [3.63, 3.8) is 0 Å². The first-order valence-corrected chi connectivity index (χ1v) is 9.05. The van der Waals surface area contributed by atoms with Crippen molar-refractivity contribution in [1.29, 1.82) is 0 Å². The van der Waals surface area contributed by atoms with Crippen molar-refractivity contribution in [2.75, 3.05) is 51.7 Å². The fourth-order valence-electron chi connectivity index (χ4n) is 3.03. The van der Waals surface area contributed by atoms with Gasteiger partial charge in [0.2, 0.25) is 11.7 Å². The Hall–Kier alpha value is -2.97. The maximum atomic E-state index is 12.2. The highest BCUT2D eigenvalue weighted by molar-refractivity contribution is 5.95. The van der Waals surface area contributed by atoms with E-state index in [1.807, 2.05) is 4.90 Å². The number of ether oxygens (including phenoxy) is 1. The van der Waals surface area contributed by atoms with E-state index in [4.69, 9.17) is 4.42 Å². The Morgan fingerprint density at radius 2 is 1.64 bits per heavy atom. The van der Waals surface area contributed by atoms with E-state index in [1.165, 1.54) is 13.4 Å². The third-order valence-corrected chi connectivity index (χ3v) is 4.59. The van der Waals surface area contributed by atoms with E-state index in [0.29, 0.717) is 49.7 Å². The highest BCUT2D eigenvalue weighted by atomic mass is 16.5. The molecule has 3 rings (SSSR count). The molecule has 1 aliphatic heterocycles. The predicted octanol–water partition coefficient (Wildman–Crippen LogP) is 1.51. The molecule has 1 aromatic carbocycles. The molecule has 1 fully saturated rings. The van der Waals surface area contributed by atoms with Crippen LogP contribution in [0.5, 0.6) is 0 Å². The molecule has 1 aliphatic rings. The van der Waals surface area contributed by atoms with Gasteiger partial charge >= 0.3 is 5.97 Å². The number of nitrogens with zero attached hydrogens (tertiary/aromatic N) is 2. The molecule has 1 N–H and O–H groups in total. The third kappa shape index (κ3) is 5.28. The first-order chi connectivity index (χ1) is 13.5. The van der Waals surface area contributed by atoms with Crippen LogP contribution in [0.4, 0.5) is 5.69 Å². The summed E-state index contributed by atoms with van der Waals surface area (Å²) in [5, 5.41) is 2.82. The first kappa shape index (κ1) is 19.8. The van der Waals surface area contributed by atoms with Crippen LogP contribution in [-0.2, 0) is 9.53 Å². The number of hydrogen-bond donors (Lipinski definition) is 1. The fraction of sp³-hybridized carbons (Fsp3) is 0.350. The lowest BCUT2D eigenvalue weighted by atomic mass is 10.2. The van der Waals surface area contributed by atoms with Gasteiger partial charge in [-0.3, -0.25) is 19.4 Å². The summed E-state index contributed by atoms with van der Waals surface area (Å²) in [5.74, 6) is -0.196. The van der Waals surface area contributed by atoms with Crippen molar-refractivity contribution in [1.82, 2.24) is 9.80 Å². The van der Waals surface area contributed by atoms with Gasteiger partial charge in [-0.2, -0.15) is 0 Å². The van der Waals surface area contributed by atoms with Gasteiger partial charge in [0.15, 0.2) is 5.76 Å². The summed E-state index contributed by atoms with van der Waals surface area (Å²) in [6.45, 7) is 3.44. The second kappa shape index (κ2) is 9.29. The minimum Gasteiger partial charge on any atom is -0.465 e. The Kier molecular flexibility index (Phi) is 6.57. The molecule has 2 heterocycles. The number of Topliss-reactive ketones (excluding diaryl/α,β-unsaturated/α-hetero) is 1. The number of piperazine rings is 1. The van der Waals surface area contributed by atoms with Crippen molar-refractivity contribution in [2.45, 2.75) is 0 Å². The van der Waals surface area contributed by atoms with E-state index in [9.17, 15) is 14.4 Å². The van der Waals surface area contributed by atoms with E-state index in [0.717, 1.165) is 0 Å². The van der Waals surface area contributed by atoms with Crippen LogP contribution in [0.25, 0.3) is 0 Å². The Labute approximate surface area is 163 Å². The number of methoxy groups -OCH3 is 1. The van der Waals surface area contributed by atoms with Crippen LogP contribution in [0.15, 0.2) is 47.1 Å². The number of rotatable bonds is 7. The Bertz CT molecular complexity index is 809. The second-order valence-corrected chi connectivity index (χ2v) is 6.57. The summed E-state index contributed by atoms with van der Waals surface area (Å²) in [7, 11) is 1.32.